The van der Waals surface area contributed by atoms with E-state index < -0.39 is 0 Å². The highest BCUT2D eigenvalue weighted by molar-refractivity contribution is 7.13. The van der Waals surface area contributed by atoms with Crippen molar-refractivity contribution in [2.75, 3.05) is 0 Å². The summed E-state index contributed by atoms with van der Waals surface area (Å²) >= 11 is 1.64. The van der Waals surface area contributed by atoms with Crippen LogP contribution in [0.3, 0.4) is 0 Å². The van der Waals surface area contributed by atoms with Gasteiger partial charge in [0, 0.05) is 12.6 Å². The molecule has 0 amide bonds. The molecular weight excluding hydrogens is 280 g/mol. The molecule has 1 aromatic carbocycles. The van der Waals surface area contributed by atoms with Crippen molar-refractivity contribution in [2.45, 2.75) is 25.9 Å². The van der Waals surface area contributed by atoms with Crippen LogP contribution in [0.5, 0.6) is 0 Å². The van der Waals surface area contributed by atoms with Crippen molar-refractivity contribution in [1.29, 1.82) is 0 Å². The van der Waals surface area contributed by atoms with Gasteiger partial charge in [0.1, 0.15) is 6.26 Å². The maximum Gasteiger partial charge on any atom is 0.236 e. The van der Waals surface area contributed by atoms with Gasteiger partial charge in [-0.25, -0.2) is 4.98 Å². The van der Waals surface area contributed by atoms with Crippen molar-refractivity contribution in [3.05, 3.63) is 65.4 Å². The summed E-state index contributed by atoms with van der Waals surface area (Å²) in [5, 5.41) is 5.57. The number of hydrogen-bond acceptors (Lipinski definition) is 4. The van der Waals surface area contributed by atoms with Gasteiger partial charge in [0.2, 0.25) is 5.89 Å². The highest BCUT2D eigenvalue weighted by Gasteiger charge is 2.11. The smallest absolute Gasteiger partial charge is 0.236 e. The molecule has 3 nitrogen and oxygen atoms in total. The minimum Gasteiger partial charge on any atom is -0.444 e. The normalized spacial score (nSPS) is 12.4. The molecule has 0 aliphatic carbocycles. The highest BCUT2D eigenvalue weighted by Crippen LogP contribution is 2.24. The van der Waals surface area contributed by atoms with Gasteiger partial charge in [-0.3, -0.25) is 0 Å². The van der Waals surface area contributed by atoms with Crippen molar-refractivity contribution in [3.63, 3.8) is 0 Å². The van der Waals surface area contributed by atoms with E-state index in [-0.39, 0.29) is 0 Å². The lowest BCUT2D eigenvalue weighted by Gasteiger charge is -2.16. The maximum atomic E-state index is 5.54. The minimum absolute atomic E-state index is 0.341. The van der Waals surface area contributed by atoms with Crippen LogP contribution in [0.15, 0.2) is 58.5 Å². The zero-order valence-electron chi connectivity index (χ0n) is 12.0. The summed E-state index contributed by atoms with van der Waals surface area (Å²) in [6.07, 6.45) is 2.78. The monoisotopic (exact) mass is 298 g/mol. The molecule has 3 aromatic rings. The summed E-state index contributed by atoms with van der Waals surface area (Å²) in [5.74, 6) is 0.703. The molecule has 0 spiro atoms. The van der Waals surface area contributed by atoms with Crippen LogP contribution >= 0.6 is 11.3 Å². The Hall–Kier alpha value is -1.91. The summed E-state index contributed by atoms with van der Waals surface area (Å²) in [6, 6.07) is 14.9. The van der Waals surface area contributed by atoms with Gasteiger partial charge in [0.05, 0.1) is 10.6 Å². The van der Waals surface area contributed by atoms with E-state index in [4.69, 9.17) is 4.42 Å². The van der Waals surface area contributed by atoms with E-state index in [1.54, 1.807) is 17.6 Å². The first-order valence-corrected chi connectivity index (χ1v) is 8.01. The van der Waals surface area contributed by atoms with Gasteiger partial charge in [0.25, 0.3) is 0 Å². The highest BCUT2D eigenvalue weighted by atomic mass is 32.1. The van der Waals surface area contributed by atoms with Crippen molar-refractivity contribution < 1.29 is 4.42 Å². The number of nitrogens with zero attached hydrogens (tertiary/aromatic N) is 1. The van der Waals surface area contributed by atoms with Crippen LogP contribution in [0.1, 0.15) is 30.6 Å². The standard InChI is InChI=1S/C17H18N2OS/c1-2-15(13-7-4-3-5-8-13)18-11-14-12-20-17(19-14)16-9-6-10-21-16/h3-10,12,15,18H,2,11H2,1H3. The molecule has 1 atom stereocenters. The third-order valence-corrected chi connectivity index (χ3v) is 4.28. The summed E-state index contributed by atoms with van der Waals surface area (Å²) in [6.45, 7) is 2.90. The molecule has 0 saturated heterocycles. The van der Waals surface area contributed by atoms with Gasteiger partial charge in [-0.05, 0) is 23.4 Å². The van der Waals surface area contributed by atoms with Gasteiger partial charge in [0.15, 0.2) is 0 Å². The van der Waals surface area contributed by atoms with Crippen LogP contribution in [0.25, 0.3) is 10.8 Å². The van der Waals surface area contributed by atoms with E-state index in [0.29, 0.717) is 18.5 Å². The topological polar surface area (TPSA) is 38.1 Å². The van der Waals surface area contributed by atoms with Crippen LogP contribution < -0.4 is 5.32 Å². The second-order valence-electron chi connectivity index (χ2n) is 4.87. The number of oxazole rings is 1. The van der Waals surface area contributed by atoms with Gasteiger partial charge < -0.3 is 9.73 Å². The Morgan fingerprint density at radius 3 is 2.76 bits per heavy atom. The van der Waals surface area contributed by atoms with Crippen molar-refractivity contribution in [1.82, 2.24) is 10.3 Å². The predicted octanol–water partition coefficient (Wildman–Crippen LogP) is 4.64. The van der Waals surface area contributed by atoms with Gasteiger partial charge in [-0.15, -0.1) is 11.3 Å². The Balaban J connectivity index is 1.64. The molecule has 2 heterocycles. The van der Waals surface area contributed by atoms with E-state index in [1.165, 1.54) is 5.56 Å². The second kappa shape index (κ2) is 6.70. The Morgan fingerprint density at radius 2 is 2.05 bits per heavy atom. The van der Waals surface area contributed by atoms with Crippen molar-refractivity contribution >= 4 is 11.3 Å². The Kier molecular flexibility index (Phi) is 4.48. The zero-order chi connectivity index (χ0) is 14.5. The molecule has 1 N–H and O–H groups in total. The molecule has 0 fully saturated rings. The molecule has 108 valence electrons. The van der Waals surface area contributed by atoms with Crippen LogP contribution in [0.2, 0.25) is 0 Å². The van der Waals surface area contributed by atoms with Crippen LogP contribution in [-0.4, -0.2) is 4.98 Å². The number of nitrogens with one attached hydrogen (secondary N) is 1. The first-order valence-electron chi connectivity index (χ1n) is 7.13. The van der Waals surface area contributed by atoms with Gasteiger partial charge >= 0.3 is 0 Å². The molecule has 21 heavy (non-hydrogen) atoms. The third kappa shape index (κ3) is 3.40. The number of thiophene rings is 1. The average Bonchev–Trinajstić information content (AvgIpc) is 3.20. The molecule has 2 aromatic heterocycles. The van der Waals surface area contributed by atoms with Crippen molar-refractivity contribution in [3.8, 4) is 10.8 Å². The summed E-state index contributed by atoms with van der Waals surface area (Å²) in [5.41, 5.74) is 2.25. The summed E-state index contributed by atoms with van der Waals surface area (Å²) in [4.78, 5) is 5.60. The predicted molar refractivity (Wildman–Crippen MR) is 86.1 cm³/mol. The number of hydrogen-bond donors (Lipinski definition) is 1. The third-order valence-electron chi connectivity index (χ3n) is 3.42. The number of rotatable bonds is 6. The van der Waals surface area contributed by atoms with Crippen LogP contribution in [-0.2, 0) is 6.54 Å². The summed E-state index contributed by atoms with van der Waals surface area (Å²) < 4.78 is 5.54. The lowest BCUT2D eigenvalue weighted by atomic mass is 10.0. The van der Waals surface area contributed by atoms with E-state index in [1.807, 2.05) is 23.6 Å². The molecule has 0 radical (unpaired) electrons. The molecule has 1 unspecified atom stereocenters. The number of aromatic nitrogens is 1. The Labute approximate surface area is 128 Å². The maximum absolute atomic E-state index is 5.54. The molecule has 0 aliphatic heterocycles. The van der Waals surface area contributed by atoms with E-state index >= 15 is 0 Å². The quantitative estimate of drug-likeness (QED) is 0.720. The van der Waals surface area contributed by atoms with Gasteiger partial charge in [-0.2, -0.15) is 0 Å². The molecule has 0 saturated carbocycles. The Bertz CT molecular complexity index is 661. The summed E-state index contributed by atoms with van der Waals surface area (Å²) in [7, 11) is 0. The van der Waals surface area contributed by atoms with Crippen LogP contribution in [0, 0.1) is 0 Å². The van der Waals surface area contributed by atoms with E-state index in [2.05, 4.69) is 41.5 Å². The average molecular weight is 298 g/mol. The largest absolute Gasteiger partial charge is 0.444 e. The van der Waals surface area contributed by atoms with Gasteiger partial charge in [-0.1, -0.05) is 43.3 Å². The lowest BCUT2D eigenvalue weighted by Crippen LogP contribution is -2.20. The van der Waals surface area contributed by atoms with Crippen LogP contribution in [0.4, 0.5) is 0 Å². The fraction of sp³-hybridized carbons (Fsp3) is 0.235. The van der Waals surface area contributed by atoms with E-state index in [9.17, 15) is 0 Å². The fourth-order valence-corrected chi connectivity index (χ4v) is 2.97. The van der Waals surface area contributed by atoms with Crippen molar-refractivity contribution in [2.24, 2.45) is 0 Å². The second-order valence-corrected chi connectivity index (χ2v) is 5.82. The number of benzene rings is 1. The van der Waals surface area contributed by atoms with E-state index in [0.717, 1.165) is 17.0 Å². The first kappa shape index (κ1) is 14.0. The fourth-order valence-electron chi connectivity index (χ4n) is 2.31. The minimum atomic E-state index is 0.341. The molecular formula is C17H18N2OS. The molecule has 0 bridgehead atoms. The Morgan fingerprint density at radius 1 is 1.19 bits per heavy atom. The molecule has 0 aliphatic rings. The zero-order valence-corrected chi connectivity index (χ0v) is 12.8. The molecule has 4 heteroatoms. The SMILES string of the molecule is CCC(NCc1coc(-c2cccs2)n1)c1ccccc1. The first-order chi connectivity index (χ1) is 10.4. The molecule has 3 rings (SSSR count). The lowest BCUT2D eigenvalue weighted by molar-refractivity contribution is 0.511.